The number of nitrogens with zero attached hydrogens (tertiary/aromatic N) is 4. The zero-order chi connectivity index (χ0) is 17.8. The van der Waals surface area contributed by atoms with Crippen molar-refractivity contribution in [2.75, 3.05) is 13.1 Å². The second kappa shape index (κ2) is 8.10. The van der Waals surface area contributed by atoms with Gasteiger partial charge in [0.1, 0.15) is 5.82 Å². The van der Waals surface area contributed by atoms with E-state index >= 15 is 0 Å². The van der Waals surface area contributed by atoms with Crippen LogP contribution in [0.4, 0.5) is 0 Å². The summed E-state index contributed by atoms with van der Waals surface area (Å²) in [6.07, 6.45) is 1.75. The highest BCUT2D eigenvalue weighted by atomic mass is 32.1. The van der Waals surface area contributed by atoms with Crippen molar-refractivity contribution in [3.63, 3.8) is 0 Å². The molecule has 0 saturated carbocycles. The summed E-state index contributed by atoms with van der Waals surface area (Å²) < 4.78 is 2.18. The zero-order valence-corrected chi connectivity index (χ0v) is 16.1. The molecule has 0 fully saturated rings. The first-order chi connectivity index (χ1) is 12.1. The number of carbonyl (C=O) groups is 1. The first kappa shape index (κ1) is 18.1. The summed E-state index contributed by atoms with van der Waals surface area (Å²) in [4.78, 5) is 17.2. The van der Waals surface area contributed by atoms with Gasteiger partial charge in [-0.2, -0.15) is 0 Å². The number of fused-ring (bicyclic) bond motifs is 1. The molecule has 25 heavy (non-hydrogen) atoms. The maximum Gasteiger partial charge on any atom is 0.223 e. The minimum Gasteiger partial charge on any atom is -0.349 e. The average Bonchev–Trinajstić information content (AvgIpc) is 3.14. The lowest BCUT2D eigenvalue weighted by Gasteiger charge is -2.18. The molecule has 7 heteroatoms. The zero-order valence-electron chi connectivity index (χ0n) is 15.3. The van der Waals surface area contributed by atoms with Crippen LogP contribution in [-0.4, -0.2) is 38.7 Å². The van der Waals surface area contributed by atoms with Crippen molar-refractivity contribution in [2.45, 2.75) is 53.2 Å². The largest absolute Gasteiger partial charge is 0.349 e. The summed E-state index contributed by atoms with van der Waals surface area (Å²) >= 11 is 1.87. The summed E-state index contributed by atoms with van der Waals surface area (Å²) in [5.74, 6) is 2.01. The number of carbonyl (C=O) groups excluding carboxylic acids is 1. The molecule has 0 saturated heterocycles. The molecule has 1 aliphatic rings. The van der Waals surface area contributed by atoms with Gasteiger partial charge in [-0.25, -0.2) is 0 Å². The molecule has 6 nitrogen and oxygen atoms in total. The van der Waals surface area contributed by atoms with Crippen LogP contribution in [0.5, 0.6) is 0 Å². The molecule has 3 rings (SSSR count). The molecule has 0 unspecified atom stereocenters. The van der Waals surface area contributed by atoms with E-state index < -0.39 is 0 Å². The Balaban J connectivity index is 1.59. The van der Waals surface area contributed by atoms with Crippen LogP contribution in [0, 0.1) is 12.8 Å². The van der Waals surface area contributed by atoms with Crippen LogP contribution in [0.3, 0.4) is 0 Å². The number of aryl methyl sites for hydroxylation is 1. The Bertz CT molecular complexity index is 723. The summed E-state index contributed by atoms with van der Waals surface area (Å²) in [7, 11) is 0. The van der Waals surface area contributed by atoms with Gasteiger partial charge in [0.15, 0.2) is 5.82 Å². The molecule has 2 aromatic rings. The van der Waals surface area contributed by atoms with Crippen molar-refractivity contribution >= 4 is 17.2 Å². The summed E-state index contributed by atoms with van der Waals surface area (Å²) in [5, 5.41) is 11.6. The lowest BCUT2D eigenvalue weighted by molar-refractivity contribution is -0.124. The molecule has 0 aromatic carbocycles. The molecular formula is C18H27N5OS. The highest BCUT2D eigenvalue weighted by Crippen LogP contribution is 2.19. The van der Waals surface area contributed by atoms with Gasteiger partial charge in [0.25, 0.3) is 0 Å². The number of aromatic nitrogens is 3. The van der Waals surface area contributed by atoms with E-state index in [-0.39, 0.29) is 11.8 Å². The number of nitrogens with one attached hydrogen (secondary N) is 1. The normalized spacial score (nSPS) is 16.3. The minimum absolute atomic E-state index is 0.0382. The molecule has 0 radical (unpaired) electrons. The van der Waals surface area contributed by atoms with Gasteiger partial charge < -0.3 is 9.88 Å². The van der Waals surface area contributed by atoms with Crippen LogP contribution in [-0.2, 0) is 30.8 Å². The Hall–Kier alpha value is -1.73. The van der Waals surface area contributed by atoms with E-state index in [0.717, 1.165) is 50.7 Å². The molecular weight excluding hydrogens is 334 g/mol. The Morgan fingerprint density at radius 2 is 2.16 bits per heavy atom. The Labute approximate surface area is 153 Å². The number of hydrogen-bond acceptors (Lipinski definition) is 5. The number of thiophene rings is 1. The third-order valence-electron chi connectivity index (χ3n) is 4.85. The molecule has 3 heterocycles. The Morgan fingerprint density at radius 1 is 1.32 bits per heavy atom. The van der Waals surface area contributed by atoms with Crippen LogP contribution in [0.2, 0.25) is 0 Å². The van der Waals surface area contributed by atoms with Gasteiger partial charge in [-0.1, -0.05) is 13.8 Å². The van der Waals surface area contributed by atoms with Gasteiger partial charge in [-0.05, 0) is 25.5 Å². The van der Waals surface area contributed by atoms with Gasteiger partial charge in [0.2, 0.25) is 5.91 Å². The first-order valence-electron chi connectivity index (χ1n) is 9.03. The van der Waals surface area contributed by atoms with Gasteiger partial charge in [0, 0.05) is 48.3 Å². The first-order valence-corrected chi connectivity index (χ1v) is 9.84. The average molecular weight is 362 g/mol. The van der Waals surface area contributed by atoms with E-state index in [4.69, 9.17) is 0 Å². The fraction of sp³-hybridized carbons (Fsp3) is 0.611. The van der Waals surface area contributed by atoms with Crippen molar-refractivity contribution in [1.29, 1.82) is 0 Å². The summed E-state index contributed by atoms with van der Waals surface area (Å²) in [6, 6.07) is 4.41. The summed E-state index contributed by atoms with van der Waals surface area (Å²) in [6.45, 7) is 10.4. The third-order valence-corrected chi connectivity index (χ3v) is 5.84. The fourth-order valence-electron chi connectivity index (χ4n) is 3.03. The van der Waals surface area contributed by atoms with Gasteiger partial charge in [0.05, 0.1) is 6.54 Å². The predicted octanol–water partition coefficient (Wildman–Crippen LogP) is 2.37. The molecule has 1 atom stereocenters. The number of hydrogen-bond donors (Lipinski definition) is 1. The van der Waals surface area contributed by atoms with Gasteiger partial charge in [-0.15, -0.1) is 21.5 Å². The standard InChI is InChI=1S/C18H27N5OS/c1-4-13(2)18(24)19-11-17-21-20-16-7-8-22(9-10-23(16)17)12-15-6-5-14(3)25-15/h5-6,13H,4,7-12H2,1-3H3,(H,19,24)/t13-/m0/s1. The molecule has 1 amide bonds. The van der Waals surface area contributed by atoms with Crippen molar-refractivity contribution in [1.82, 2.24) is 25.0 Å². The van der Waals surface area contributed by atoms with E-state index in [1.54, 1.807) is 0 Å². The second-order valence-corrected chi connectivity index (χ2v) is 8.12. The van der Waals surface area contributed by atoms with Crippen molar-refractivity contribution < 1.29 is 4.79 Å². The van der Waals surface area contributed by atoms with Crippen molar-refractivity contribution in [2.24, 2.45) is 5.92 Å². The van der Waals surface area contributed by atoms with Crippen LogP contribution in [0.1, 0.15) is 41.7 Å². The molecule has 1 N–H and O–H groups in total. The maximum absolute atomic E-state index is 12.0. The van der Waals surface area contributed by atoms with E-state index in [0.29, 0.717) is 6.54 Å². The van der Waals surface area contributed by atoms with E-state index in [9.17, 15) is 4.79 Å². The fourth-order valence-corrected chi connectivity index (χ4v) is 3.96. The smallest absolute Gasteiger partial charge is 0.223 e. The molecule has 0 spiro atoms. The predicted molar refractivity (Wildman–Crippen MR) is 99.4 cm³/mol. The lowest BCUT2D eigenvalue weighted by atomic mass is 10.1. The monoisotopic (exact) mass is 361 g/mol. The quantitative estimate of drug-likeness (QED) is 0.858. The SMILES string of the molecule is CC[C@H](C)C(=O)NCc1nnc2n1CCN(Cc1ccc(C)s1)CC2. The molecule has 0 aliphatic carbocycles. The van der Waals surface area contributed by atoms with Crippen LogP contribution < -0.4 is 5.32 Å². The van der Waals surface area contributed by atoms with E-state index in [1.807, 2.05) is 25.2 Å². The highest BCUT2D eigenvalue weighted by molar-refractivity contribution is 7.11. The minimum atomic E-state index is 0.0382. The van der Waals surface area contributed by atoms with Gasteiger partial charge >= 0.3 is 0 Å². The summed E-state index contributed by atoms with van der Waals surface area (Å²) in [5.41, 5.74) is 0. The molecule has 1 aliphatic heterocycles. The number of rotatable bonds is 6. The van der Waals surface area contributed by atoms with E-state index in [2.05, 4.69) is 44.0 Å². The molecule has 2 aromatic heterocycles. The topological polar surface area (TPSA) is 63.1 Å². The maximum atomic E-state index is 12.0. The molecule has 0 bridgehead atoms. The van der Waals surface area contributed by atoms with Crippen molar-refractivity contribution in [3.05, 3.63) is 33.5 Å². The van der Waals surface area contributed by atoms with Crippen LogP contribution in [0.25, 0.3) is 0 Å². The van der Waals surface area contributed by atoms with E-state index in [1.165, 1.54) is 9.75 Å². The highest BCUT2D eigenvalue weighted by Gasteiger charge is 2.20. The Morgan fingerprint density at radius 3 is 2.88 bits per heavy atom. The van der Waals surface area contributed by atoms with Gasteiger partial charge in [-0.3, -0.25) is 9.69 Å². The van der Waals surface area contributed by atoms with Crippen LogP contribution in [0.15, 0.2) is 12.1 Å². The Kier molecular flexibility index (Phi) is 5.86. The third kappa shape index (κ3) is 4.46. The lowest BCUT2D eigenvalue weighted by Crippen LogP contribution is -2.30. The number of amides is 1. The van der Waals surface area contributed by atoms with Crippen molar-refractivity contribution in [3.8, 4) is 0 Å². The molecule has 136 valence electrons. The second-order valence-electron chi connectivity index (χ2n) is 6.75. The van der Waals surface area contributed by atoms with Crippen LogP contribution >= 0.6 is 11.3 Å².